The first-order valence-corrected chi connectivity index (χ1v) is 11.7. The molecule has 4 aromatic rings. The van der Waals surface area contributed by atoms with E-state index in [4.69, 9.17) is 4.74 Å². The molecule has 11 heteroatoms. The third kappa shape index (κ3) is 5.25. The molecule has 1 aromatic carbocycles. The zero-order valence-corrected chi connectivity index (χ0v) is 19.3. The summed E-state index contributed by atoms with van der Waals surface area (Å²) in [5, 5.41) is 22.1. The van der Waals surface area contributed by atoms with Gasteiger partial charge in [-0.15, -0.1) is 10.2 Å². The number of pyridine rings is 1. The monoisotopic (exact) mass is 498 g/mol. The number of nitrogens with one attached hydrogen (secondary N) is 1. The van der Waals surface area contributed by atoms with Gasteiger partial charge in [0.1, 0.15) is 24.1 Å². The smallest absolute Gasteiger partial charge is 0.423 e. The first-order valence-electron chi connectivity index (χ1n) is 11.7. The Hall–Kier alpha value is -3.73. The molecule has 5 rings (SSSR count). The molecule has 0 saturated heterocycles. The quantitative estimate of drug-likeness (QED) is 0.378. The predicted octanol–water partition coefficient (Wildman–Crippen LogP) is 4.79. The number of rotatable bonds is 7. The van der Waals surface area contributed by atoms with E-state index >= 15 is 0 Å². The number of hydrogen-bond acceptors (Lipinski definition) is 7. The summed E-state index contributed by atoms with van der Waals surface area (Å²) in [5.41, 5.74) is 0.214. The van der Waals surface area contributed by atoms with Gasteiger partial charge in [-0.2, -0.15) is 18.2 Å². The number of alkyl halides is 3. The van der Waals surface area contributed by atoms with Crippen molar-refractivity contribution in [3.8, 4) is 5.88 Å². The molecule has 1 unspecified atom stereocenters. The van der Waals surface area contributed by atoms with Crippen molar-refractivity contribution in [2.45, 2.75) is 49.9 Å². The van der Waals surface area contributed by atoms with Gasteiger partial charge in [0.2, 0.25) is 11.8 Å². The van der Waals surface area contributed by atoms with Gasteiger partial charge in [0.15, 0.2) is 5.65 Å². The lowest BCUT2D eigenvalue weighted by molar-refractivity contribution is -0.139. The van der Waals surface area contributed by atoms with E-state index in [9.17, 15) is 18.3 Å². The van der Waals surface area contributed by atoms with Crippen molar-refractivity contribution >= 4 is 11.6 Å². The van der Waals surface area contributed by atoms with E-state index in [1.54, 1.807) is 30.3 Å². The lowest BCUT2D eigenvalue weighted by Gasteiger charge is -2.29. The Balaban J connectivity index is 1.31. The number of aliphatic hydroxyl groups is 1. The summed E-state index contributed by atoms with van der Waals surface area (Å²) in [6.07, 6.45) is 0.223. The van der Waals surface area contributed by atoms with Gasteiger partial charge in [-0.25, -0.2) is 4.98 Å². The lowest BCUT2D eigenvalue weighted by atomic mass is 9.85. The number of nitrogens with zero attached hydrogens (tertiary/aromatic N) is 5. The molecular formula is C25H25F3N6O2. The van der Waals surface area contributed by atoms with Crippen LogP contribution in [0.3, 0.4) is 0 Å². The average Bonchev–Trinajstić information content (AvgIpc) is 3.32. The molecule has 0 amide bonds. The molecule has 36 heavy (non-hydrogen) atoms. The molecule has 1 aliphatic carbocycles. The zero-order chi connectivity index (χ0) is 25.1. The number of ether oxygens (including phenoxy) is 1. The minimum atomic E-state index is -4.70. The third-order valence-corrected chi connectivity index (χ3v) is 6.33. The van der Waals surface area contributed by atoms with Gasteiger partial charge in [0.25, 0.3) is 0 Å². The number of halogens is 3. The van der Waals surface area contributed by atoms with Crippen LogP contribution in [0.5, 0.6) is 5.88 Å². The van der Waals surface area contributed by atoms with Crippen LogP contribution in [-0.4, -0.2) is 42.3 Å². The summed E-state index contributed by atoms with van der Waals surface area (Å²) in [5.74, 6) is 0.430. The molecule has 0 aliphatic heterocycles. The molecule has 8 nitrogen and oxygen atoms in total. The molecule has 0 bridgehead atoms. The van der Waals surface area contributed by atoms with Crippen LogP contribution in [0.4, 0.5) is 19.1 Å². The third-order valence-electron chi connectivity index (χ3n) is 6.33. The van der Waals surface area contributed by atoms with Crippen LogP contribution >= 0.6 is 0 Å². The Kier molecular flexibility index (Phi) is 6.73. The average molecular weight is 499 g/mol. The normalized spacial score (nSPS) is 19.2. The summed E-state index contributed by atoms with van der Waals surface area (Å²) >= 11 is 0. The minimum absolute atomic E-state index is 0.0453. The number of anilines is 1. The number of benzene rings is 1. The Morgan fingerprint density at radius 2 is 1.89 bits per heavy atom. The first-order chi connectivity index (χ1) is 17.4. The van der Waals surface area contributed by atoms with Crippen LogP contribution in [0, 0.1) is 0 Å². The highest BCUT2D eigenvalue weighted by Gasteiger charge is 2.37. The van der Waals surface area contributed by atoms with Crippen molar-refractivity contribution in [1.29, 1.82) is 0 Å². The fraction of sp³-hybridized carbons (Fsp3) is 0.360. The van der Waals surface area contributed by atoms with E-state index in [2.05, 4.69) is 25.5 Å². The molecule has 3 heterocycles. The van der Waals surface area contributed by atoms with Crippen molar-refractivity contribution < 1.29 is 23.0 Å². The Bertz CT molecular complexity index is 1310. The Morgan fingerprint density at radius 1 is 1.08 bits per heavy atom. The van der Waals surface area contributed by atoms with Crippen molar-refractivity contribution in [1.82, 2.24) is 24.6 Å². The van der Waals surface area contributed by atoms with Gasteiger partial charge in [-0.05, 0) is 37.0 Å². The summed E-state index contributed by atoms with van der Waals surface area (Å²) < 4.78 is 48.0. The molecule has 1 saturated carbocycles. The van der Waals surface area contributed by atoms with E-state index in [0.29, 0.717) is 18.2 Å². The molecule has 0 radical (unpaired) electrons. The fourth-order valence-electron chi connectivity index (χ4n) is 4.55. The number of aliphatic hydroxyl groups excluding tert-OH is 1. The minimum Gasteiger partial charge on any atom is -0.474 e. The summed E-state index contributed by atoms with van der Waals surface area (Å²) in [6.45, 7) is -0.380. The van der Waals surface area contributed by atoms with Gasteiger partial charge >= 0.3 is 6.18 Å². The summed E-state index contributed by atoms with van der Waals surface area (Å²) in [4.78, 5) is 7.93. The highest BCUT2D eigenvalue weighted by molar-refractivity contribution is 5.38. The van der Waals surface area contributed by atoms with E-state index < -0.39 is 23.7 Å². The van der Waals surface area contributed by atoms with Crippen LogP contribution in [-0.2, 0) is 6.18 Å². The lowest BCUT2D eigenvalue weighted by Crippen LogP contribution is -2.28. The van der Waals surface area contributed by atoms with Crippen LogP contribution in [0.15, 0.2) is 60.9 Å². The number of fused-ring (bicyclic) bond motifs is 1. The molecule has 2 N–H and O–H groups in total. The van der Waals surface area contributed by atoms with Gasteiger partial charge < -0.3 is 15.2 Å². The maximum absolute atomic E-state index is 13.6. The highest BCUT2D eigenvalue weighted by Crippen LogP contribution is 2.37. The van der Waals surface area contributed by atoms with Crippen LogP contribution in [0.1, 0.15) is 54.7 Å². The van der Waals surface area contributed by atoms with Crippen molar-refractivity contribution in [2.24, 2.45) is 0 Å². The standard InChI is InChI=1S/C25H25F3N6O2/c26-25(27,28)19-14-29-24(31-23(19)36-15-20(35)16-7-2-1-3-8-16)30-18-10-6-9-17(13-18)22-33-32-21-11-4-5-12-34(21)22/h1-5,7-8,11-12,14,17-18,20,35H,6,9-10,13,15H2,(H,29,30,31)/t17-,18+,20?/m0/s1. The van der Waals surface area contributed by atoms with Crippen LogP contribution < -0.4 is 10.1 Å². The fourth-order valence-corrected chi connectivity index (χ4v) is 4.55. The van der Waals surface area contributed by atoms with Crippen molar-refractivity contribution in [2.75, 3.05) is 11.9 Å². The van der Waals surface area contributed by atoms with Gasteiger partial charge in [0, 0.05) is 24.4 Å². The molecule has 188 valence electrons. The second kappa shape index (κ2) is 10.1. The zero-order valence-electron chi connectivity index (χ0n) is 19.3. The SMILES string of the molecule is OC(COc1nc(N[C@@H]2CCC[C@H](c3nnc4ccccn34)C2)ncc1C(F)(F)F)c1ccccc1. The van der Waals surface area contributed by atoms with E-state index in [1.165, 1.54) is 0 Å². The first kappa shape index (κ1) is 24.0. The van der Waals surface area contributed by atoms with E-state index in [1.807, 2.05) is 28.8 Å². The molecule has 3 atom stereocenters. The maximum atomic E-state index is 13.6. The number of aromatic nitrogens is 5. The van der Waals surface area contributed by atoms with Gasteiger partial charge in [-0.1, -0.05) is 42.8 Å². The summed E-state index contributed by atoms with van der Waals surface area (Å²) in [6, 6.07) is 14.2. The topological polar surface area (TPSA) is 97.5 Å². The maximum Gasteiger partial charge on any atom is 0.423 e. The van der Waals surface area contributed by atoms with E-state index in [-0.39, 0.29) is 24.5 Å². The molecule has 0 spiro atoms. The van der Waals surface area contributed by atoms with E-state index in [0.717, 1.165) is 30.7 Å². The number of hydrogen-bond donors (Lipinski definition) is 2. The largest absolute Gasteiger partial charge is 0.474 e. The van der Waals surface area contributed by atoms with Crippen molar-refractivity contribution in [3.63, 3.8) is 0 Å². The molecule has 1 fully saturated rings. The predicted molar refractivity (Wildman–Crippen MR) is 126 cm³/mol. The van der Waals surface area contributed by atoms with Gasteiger partial charge in [0.05, 0.1) is 0 Å². The second-order valence-electron chi connectivity index (χ2n) is 8.84. The van der Waals surface area contributed by atoms with Gasteiger partial charge in [-0.3, -0.25) is 4.40 Å². The van der Waals surface area contributed by atoms with Crippen molar-refractivity contribution in [3.05, 3.63) is 77.9 Å². The second-order valence-corrected chi connectivity index (χ2v) is 8.84. The molecular weight excluding hydrogens is 473 g/mol. The summed E-state index contributed by atoms with van der Waals surface area (Å²) in [7, 11) is 0. The Labute approximate surface area is 205 Å². The molecule has 3 aromatic heterocycles. The van der Waals surface area contributed by atoms with Crippen LogP contribution in [0.2, 0.25) is 0 Å². The molecule has 1 aliphatic rings. The van der Waals surface area contributed by atoms with Crippen LogP contribution in [0.25, 0.3) is 5.65 Å². The Morgan fingerprint density at radius 3 is 2.69 bits per heavy atom. The highest BCUT2D eigenvalue weighted by atomic mass is 19.4.